The highest BCUT2D eigenvalue weighted by Crippen LogP contribution is 2.64. The van der Waals surface area contributed by atoms with Crippen LogP contribution in [0.25, 0.3) is 11.1 Å². The van der Waals surface area contributed by atoms with Gasteiger partial charge in [0.1, 0.15) is 0 Å². The molecular weight excluding hydrogens is 408 g/mol. The van der Waals surface area contributed by atoms with Gasteiger partial charge in [-0.15, -0.1) is 0 Å². The van der Waals surface area contributed by atoms with Gasteiger partial charge in [-0.2, -0.15) is 0 Å². The summed E-state index contributed by atoms with van der Waals surface area (Å²) in [7, 11) is 0. The highest BCUT2D eigenvalue weighted by Gasteiger charge is 2.50. The second-order valence-corrected chi connectivity index (χ2v) is 12.1. The molecule has 2 aromatic rings. The molecule has 0 aliphatic heterocycles. The minimum Gasteiger partial charge on any atom is -0.0723 e. The van der Waals surface area contributed by atoms with Gasteiger partial charge in [0, 0.05) is 11.8 Å². The summed E-state index contributed by atoms with van der Waals surface area (Å²) in [4.78, 5) is 0. The number of hydrogen-bond donors (Lipinski definition) is 0. The van der Waals surface area contributed by atoms with E-state index in [4.69, 9.17) is 0 Å². The second kappa shape index (κ2) is 8.54. The van der Waals surface area contributed by atoms with E-state index in [0.29, 0.717) is 17.3 Å². The molecule has 0 bridgehead atoms. The van der Waals surface area contributed by atoms with Gasteiger partial charge in [-0.1, -0.05) is 106 Å². The Bertz CT molecular complexity index is 1030. The largest absolute Gasteiger partial charge is 0.0723 e. The minimum atomic E-state index is 0.338. The molecule has 7 rings (SSSR count). The number of allylic oxidation sites excluding steroid dienone is 4. The quantitative estimate of drug-likeness (QED) is 0.436. The standard InChI is InChI=1S/C34H40/c1-10-20-34(21-11-1,32-22-30(24-12-2-3-13-24)26-16-6-8-18-28(26)32)33-23-31(25-14-4-5-15-25)27-17-7-9-19-29(27)33/h6-9,16-19,22-25,32-33H,1-5,10-15,20-21H2. The van der Waals surface area contributed by atoms with Crippen LogP contribution >= 0.6 is 0 Å². The maximum atomic E-state index is 2.82. The van der Waals surface area contributed by atoms with Crippen LogP contribution in [0.15, 0.2) is 60.7 Å². The Balaban J connectivity index is 1.37. The first-order chi connectivity index (χ1) is 16.9. The molecule has 0 N–H and O–H groups in total. The smallest absolute Gasteiger partial charge is 0.00954 e. The van der Waals surface area contributed by atoms with Crippen molar-refractivity contribution >= 4 is 11.1 Å². The molecule has 176 valence electrons. The van der Waals surface area contributed by atoms with Crippen LogP contribution in [0.1, 0.15) is 118 Å². The molecule has 0 nitrogen and oxygen atoms in total. The normalized spacial score (nSPS) is 28.6. The van der Waals surface area contributed by atoms with Crippen LogP contribution in [0.2, 0.25) is 0 Å². The Hall–Kier alpha value is -2.08. The molecule has 0 radical (unpaired) electrons. The highest BCUT2D eigenvalue weighted by atomic mass is 14.5. The third kappa shape index (κ3) is 3.24. The molecule has 0 amide bonds. The third-order valence-corrected chi connectivity index (χ3v) is 10.5. The number of benzene rings is 2. The van der Waals surface area contributed by atoms with Crippen molar-refractivity contribution in [3.63, 3.8) is 0 Å². The van der Waals surface area contributed by atoms with Crippen molar-refractivity contribution in [3.8, 4) is 0 Å². The summed E-state index contributed by atoms with van der Waals surface area (Å²) in [6, 6.07) is 19.1. The molecule has 0 saturated heterocycles. The van der Waals surface area contributed by atoms with E-state index >= 15 is 0 Å². The summed E-state index contributed by atoms with van der Waals surface area (Å²) in [6.45, 7) is 0. The lowest BCUT2D eigenvalue weighted by atomic mass is 9.57. The van der Waals surface area contributed by atoms with E-state index in [1.165, 1.54) is 83.5 Å². The number of fused-ring (bicyclic) bond motifs is 2. The zero-order valence-electron chi connectivity index (χ0n) is 20.8. The van der Waals surface area contributed by atoms with E-state index in [2.05, 4.69) is 60.7 Å². The summed E-state index contributed by atoms with van der Waals surface area (Å²) in [5.74, 6) is 2.76. The zero-order valence-corrected chi connectivity index (χ0v) is 20.8. The maximum Gasteiger partial charge on any atom is 0.00954 e. The van der Waals surface area contributed by atoms with Crippen molar-refractivity contribution in [2.24, 2.45) is 17.3 Å². The van der Waals surface area contributed by atoms with Crippen molar-refractivity contribution in [1.29, 1.82) is 0 Å². The summed E-state index contributed by atoms with van der Waals surface area (Å²) < 4.78 is 0. The molecule has 34 heavy (non-hydrogen) atoms. The lowest BCUT2D eigenvalue weighted by Crippen LogP contribution is -2.35. The van der Waals surface area contributed by atoms with Gasteiger partial charge in [-0.05, 0) is 89.2 Å². The minimum absolute atomic E-state index is 0.338. The molecule has 0 aromatic heterocycles. The molecule has 5 aliphatic carbocycles. The summed E-state index contributed by atoms with van der Waals surface area (Å²) in [5, 5.41) is 0. The summed E-state index contributed by atoms with van der Waals surface area (Å²) in [5.41, 5.74) is 10.3. The Labute approximate surface area is 206 Å². The monoisotopic (exact) mass is 448 g/mol. The van der Waals surface area contributed by atoms with Gasteiger partial charge in [0.05, 0.1) is 0 Å². The first-order valence-electron chi connectivity index (χ1n) is 14.5. The van der Waals surface area contributed by atoms with Crippen LogP contribution in [-0.4, -0.2) is 0 Å². The van der Waals surface area contributed by atoms with E-state index in [-0.39, 0.29) is 0 Å². The maximum absolute atomic E-state index is 2.82. The lowest BCUT2D eigenvalue weighted by Gasteiger charge is -2.46. The first-order valence-corrected chi connectivity index (χ1v) is 14.5. The molecule has 3 saturated carbocycles. The van der Waals surface area contributed by atoms with Crippen LogP contribution in [-0.2, 0) is 0 Å². The SMILES string of the molecule is C1=C(C2CCCC2)c2ccccc2C1C1(C2C=C(C3CCCC3)c3ccccc32)CCCCC1. The summed E-state index contributed by atoms with van der Waals surface area (Å²) >= 11 is 0. The zero-order chi connectivity index (χ0) is 22.5. The highest BCUT2D eigenvalue weighted by molar-refractivity contribution is 5.79. The predicted octanol–water partition coefficient (Wildman–Crippen LogP) is 9.68. The van der Waals surface area contributed by atoms with Gasteiger partial charge in [-0.3, -0.25) is 0 Å². The molecule has 0 spiro atoms. The topological polar surface area (TPSA) is 0 Å². The van der Waals surface area contributed by atoms with Crippen molar-refractivity contribution in [2.75, 3.05) is 0 Å². The van der Waals surface area contributed by atoms with Crippen molar-refractivity contribution in [3.05, 3.63) is 82.9 Å². The van der Waals surface area contributed by atoms with Crippen molar-refractivity contribution in [2.45, 2.75) is 95.3 Å². The number of hydrogen-bond acceptors (Lipinski definition) is 0. The van der Waals surface area contributed by atoms with E-state index in [9.17, 15) is 0 Å². The Morgan fingerprint density at radius 3 is 1.41 bits per heavy atom. The van der Waals surface area contributed by atoms with Gasteiger partial charge in [0.25, 0.3) is 0 Å². The fraction of sp³-hybridized carbons (Fsp3) is 0.529. The van der Waals surface area contributed by atoms with E-state index in [1.54, 1.807) is 33.4 Å². The van der Waals surface area contributed by atoms with Gasteiger partial charge in [-0.25, -0.2) is 0 Å². The molecule has 5 aliphatic rings. The Kier molecular flexibility index (Phi) is 5.33. The fourth-order valence-corrected chi connectivity index (χ4v) is 8.94. The van der Waals surface area contributed by atoms with Crippen LogP contribution in [0.4, 0.5) is 0 Å². The third-order valence-electron chi connectivity index (χ3n) is 10.5. The lowest BCUT2D eigenvalue weighted by molar-refractivity contribution is 0.144. The van der Waals surface area contributed by atoms with Crippen LogP contribution in [0.5, 0.6) is 0 Å². The summed E-state index contributed by atoms with van der Waals surface area (Å²) in [6.07, 6.45) is 23.9. The Morgan fingerprint density at radius 2 is 0.941 bits per heavy atom. The predicted molar refractivity (Wildman–Crippen MR) is 144 cm³/mol. The molecule has 0 heteroatoms. The average Bonchev–Trinajstić information content (AvgIpc) is 3.69. The van der Waals surface area contributed by atoms with Gasteiger partial charge >= 0.3 is 0 Å². The molecule has 2 atom stereocenters. The van der Waals surface area contributed by atoms with Crippen LogP contribution in [0.3, 0.4) is 0 Å². The molecule has 2 aromatic carbocycles. The van der Waals surface area contributed by atoms with Crippen molar-refractivity contribution < 1.29 is 0 Å². The van der Waals surface area contributed by atoms with Gasteiger partial charge in [0.15, 0.2) is 0 Å². The van der Waals surface area contributed by atoms with Gasteiger partial charge in [0.2, 0.25) is 0 Å². The average molecular weight is 449 g/mol. The van der Waals surface area contributed by atoms with Gasteiger partial charge < -0.3 is 0 Å². The van der Waals surface area contributed by atoms with Crippen molar-refractivity contribution in [1.82, 2.24) is 0 Å². The molecule has 2 unspecified atom stereocenters. The van der Waals surface area contributed by atoms with E-state index < -0.39 is 0 Å². The first kappa shape index (κ1) is 21.2. The molecular formula is C34H40. The fourth-order valence-electron chi connectivity index (χ4n) is 8.94. The van der Waals surface area contributed by atoms with E-state index in [0.717, 1.165) is 11.8 Å². The second-order valence-electron chi connectivity index (χ2n) is 12.1. The van der Waals surface area contributed by atoms with Crippen LogP contribution < -0.4 is 0 Å². The Morgan fingerprint density at radius 1 is 0.500 bits per heavy atom. The van der Waals surface area contributed by atoms with E-state index in [1.807, 2.05) is 0 Å². The molecule has 3 fully saturated rings. The number of rotatable bonds is 4. The van der Waals surface area contributed by atoms with Crippen LogP contribution in [0, 0.1) is 17.3 Å². The molecule has 0 heterocycles.